The van der Waals surface area contributed by atoms with Crippen LogP contribution in [0.1, 0.15) is 24.8 Å². The van der Waals surface area contributed by atoms with Gasteiger partial charge in [0.1, 0.15) is 10.8 Å². The Bertz CT molecular complexity index is 762. The van der Waals surface area contributed by atoms with E-state index in [1.165, 1.54) is 17.2 Å². The minimum Gasteiger partial charge on any atom is -0.506 e. The Morgan fingerprint density at radius 2 is 1.83 bits per heavy atom. The smallest absolute Gasteiger partial charge is 0.153 e. The van der Waals surface area contributed by atoms with Crippen molar-refractivity contribution in [3.05, 3.63) is 71.5 Å². The summed E-state index contributed by atoms with van der Waals surface area (Å²) >= 11 is 5.77. The zero-order valence-corrected chi connectivity index (χ0v) is 13.5. The number of phenols is 1. The second-order valence-electron chi connectivity index (χ2n) is 5.84. The van der Waals surface area contributed by atoms with Gasteiger partial charge in [0, 0.05) is 5.56 Å². The molecule has 0 saturated carbocycles. The van der Waals surface area contributed by atoms with E-state index in [4.69, 9.17) is 11.6 Å². The van der Waals surface area contributed by atoms with Crippen molar-refractivity contribution in [2.75, 3.05) is 0 Å². The third-order valence-corrected chi connectivity index (χ3v) is 4.77. The topological polar surface area (TPSA) is 20.2 Å². The minimum absolute atomic E-state index is 0.239. The molecule has 1 atom stereocenters. The molecule has 0 heterocycles. The molecule has 2 aromatic carbocycles. The van der Waals surface area contributed by atoms with E-state index < -0.39 is 5.82 Å². The van der Waals surface area contributed by atoms with Crippen molar-refractivity contribution in [2.24, 2.45) is 5.92 Å². The van der Waals surface area contributed by atoms with Crippen LogP contribution in [0.15, 0.2) is 55.1 Å². The number of allylic oxidation sites excluding steroid dienone is 3. The van der Waals surface area contributed by atoms with Gasteiger partial charge in [-0.15, -0.1) is 6.58 Å². The first-order valence-electron chi connectivity index (χ1n) is 7.69. The molecule has 0 aliphatic heterocycles. The highest BCUT2D eigenvalue weighted by Crippen LogP contribution is 2.35. The molecule has 0 aromatic heterocycles. The molecule has 23 heavy (non-hydrogen) atoms. The molecule has 1 aliphatic rings. The molecule has 2 aromatic rings. The van der Waals surface area contributed by atoms with Crippen molar-refractivity contribution in [1.82, 2.24) is 0 Å². The number of benzene rings is 2. The third-order valence-electron chi connectivity index (χ3n) is 4.41. The summed E-state index contributed by atoms with van der Waals surface area (Å²) in [5.74, 6) is -0.259. The van der Waals surface area contributed by atoms with E-state index >= 15 is 0 Å². The highest BCUT2D eigenvalue weighted by Gasteiger charge is 2.15. The molecular weight excluding hydrogens is 311 g/mol. The van der Waals surface area contributed by atoms with Crippen LogP contribution in [0.25, 0.3) is 16.7 Å². The van der Waals surface area contributed by atoms with Gasteiger partial charge in [0.2, 0.25) is 0 Å². The number of rotatable bonds is 3. The molecule has 1 N–H and O–H groups in total. The van der Waals surface area contributed by atoms with Crippen molar-refractivity contribution in [3.63, 3.8) is 0 Å². The number of phenolic OH excluding ortho intramolecular Hbond substituents is 1. The predicted octanol–water partition coefficient (Wildman–Crippen LogP) is 6.22. The Hall–Kier alpha value is -2.06. The number of halogens is 2. The van der Waals surface area contributed by atoms with Crippen LogP contribution in [0.4, 0.5) is 4.39 Å². The molecule has 3 rings (SSSR count). The van der Waals surface area contributed by atoms with Gasteiger partial charge in [0.15, 0.2) is 5.82 Å². The highest BCUT2D eigenvalue weighted by atomic mass is 35.5. The van der Waals surface area contributed by atoms with Gasteiger partial charge in [-0.3, -0.25) is 0 Å². The molecule has 0 fully saturated rings. The number of hydrogen-bond donors (Lipinski definition) is 1. The summed E-state index contributed by atoms with van der Waals surface area (Å²) in [4.78, 5) is 0. The fraction of sp³-hybridized carbons (Fsp3) is 0.200. The van der Waals surface area contributed by atoms with E-state index in [2.05, 4.69) is 12.7 Å². The summed E-state index contributed by atoms with van der Waals surface area (Å²) in [5, 5.41) is 9.20. The van der Waals surface area contributed by atoms with E-state index in [1.54, 1.807) is 6.07 Å². The number of hydrogen-bond acceptors (Lipinski definition) is 1. The molecule has 0 bridgehead atoms. The number of aromatic hydroxyl groups is 1. The molecule has 0 saturated heterocycles. The van der Waals surface area contributed by atoms with Crippen molar-refractivity contribution in [3.8, 4) is 16.9 Å². The van der Waals surface area contributed by atoms with Crippen LogP contribution < -0.4 is 0 Å². The second-order valence-corrected chi connectivity index (χ2v) is 6.22. The zero-order valence-electron chi connectivity index (χ0n) is 12.7. The fourth-order valence-electron chi connectivity index (χ4n) is 2.96. The molecule has 3 heteroatoms. The van der Waals surface area contributed by atoms with Crippen LogP contribution in [0, 0.1) is 11.7 Å². The highest BCUT2D eigenvalue weighted by molar-refractivity contribution is 6.32. The second kappa shape index (κ2) is 6.59. The first-order chi connectivity index (χ1) is 11.1. The maximum absolute atomic E-state index is 14.2. The Labute approximate surface area is 140 Å². The van der Waals surface area contributed by atoms with Crippen LogP contribution in [0.5, 0.6) is 5.75 Å². The predicted molar refractivity (Wildman–Crippen MR) is 94.0 cm³/mol. The average Bonchev–Trinajstić information content (AvgIpc) is 2.60. The van der Waals surface area contributed by atoms with Gasteiger partial charge in [-0.25, -0.2) is 4.39 Å². The van der Waals surface area contributed by atoms with Crippen molar-refractivity contribution >= 4 is 17.2 Å². The Kier molecular flexibility index (Phi) is 4.53. The monoisotopic (exact) mass is 328 g/mol. The lowest BCUT2D eigenvalue weighted by molar-refractivity contribution is 0.470. The molecule has 1 unspecified atom stereocenters. The van der Waals surface area contributed by atoms with E-state index in [0.717, 1.165) is 24.8 Å². The van der Waals surface area contributed by atoms with E-state index in [9.17, 15) is 9.50 Å². The maximum atomic E-state index is 14.2. The molecule has 0 spiro atoms. The Morgan fingerprint density at radius 3 is 2.43 bits per heavy atom. The SMILES string of the molecule is C=CC1CC=C(c2ccc(-c3ccc(O)c(Cl)c3F)cc2)CC1. The van der Waals surface area contributed by atoms with Crippen molar-refractivity contribution < 1.29 is 9.50 Å². The van der Waals surface area contributed by atoms with Crippen LogP contribution >= 0.6 is 11.6 Å². The van der Waals surface area contributed by atoms with Crippen LogP contribution in [0.3, 0.4) is 0 Å². The molecular formula is C20H18ClFO. The van der Waals surface area contributed by atoms with Gasteiger partial charge < -0.3 is 5.11 Å². The van der Waals surface area contributed by atoms with E-state index in [0.29, 0.717) is 11.5 Å². The molecule has 118 valence electrons. The Morgan fingerprint density at radius 1 is 1.13 bits per heavy atom. The molecule has 0 radical (unpaired) electrons. The lowest BCUT2D eigenvalue weighted by Gasteiger charge is -2.19. The van der Waals surface area contributed by atoms with Crippen LogP contribution in [-0.4, -0.2) is 5.11 Å². The van der Waals surface area contributed by atoms with Crippen molar-refractivity contribution in [2.45, 2.75) is 19.3 Å². The fourth-order valence-corrected chi connectivity index (χ4v) is 3.12. The van der Waals surface area contributed by atoms with Gasteiger partial charge in [0.05, 0.1) is 0 Å². The summed E-state index contributed by atoms with van der Waals surface area (Å²) < 4.78 is 14.2. The minimum atomic E-state index is -0.592. The summed E-state index contributed by atoms with van der Waals surface area (Å²) in [6, 6.07) is 10.8. The summed E-state index contributed by atoms with van der Waals surface area (Å²) in [6.07, 6.45) is 7.48. The van der Waals surface area contributed by atoms with Crippen LogP contribution in [0.2, 0.25) is 5.02 Å². The largest absolute Gasteiger partial charge is 0.506 e. The van der Waals surface area contributed by atoms with Crippen molar-refractivity contribution in [1.29, 1.82) is 0 Å². The van der Waals surface area contributed by atoms with Crippen LogP contribution in [-0.2, 0) is 0 Å². The normalized spacial score (nSPS) is 17.7. The average molecular weight is 329 g/mol. The molecule has 0 amide bonds. The van der Waals surface area contributed by atoms with Gasteiger partial charge >= 0.3 is 0 Å². The first kappa shape index (κ1) is 15.8. The summed E-state index contributed by atoms with van der Waals surface area (Å²) in [5.41, 5.74) is 3.64. The summed E-state index contributed by atoms with van der Waals surface area (Å²) in [6.45, 7) is 3.86. The summed E-state index contributed by atoms with van der Waals surface area (Å²) in [7, 11) is 0. The maximum Gasteiger partial charge on any atom is 0.153 e. The lowest BCUT2D eigenvalue weighted by Crippen LogP contribution is -2.02. The molecule has 1 nitrogen and oxygen atoms in total. The zero-order chi connectivity index (χ0) is 16.4. The molecule has 1 aliphatic carbocycles. The Balaban J connectivity index is 1.87. The van der Waals surface area contributed by atoms with Gasteiger partial charge in [-0.2, -0.15) is 0 Å². The lowest BCUT2D eigenvalue weighted by atomic mass is 9.86. The van der Waals surface area contributed by atoms with Gasteiger partial charge in [0.25, 0.3) is 0 Å². The van der Waals surface area contributed by atoms with Gasteiger partial charge in [-0.05, 0) is 54.0 Å². The quantitative estimate of drug-likeness (QED) is 0.663. The van der Waals surface area contributed by atoms with Gasteiger partial charge in [-0.1, -0.05) is 48.0 Å². The van der Waals surface area contributed by atoms with E-state index in [1.807, 2.05) is 30.3 Å². The first-order valence-corrected chi connectivity index (χ1v) is 8.07. The third kappa shape index (κ3) is 3.18. The van der Waals surface area contributed by atoms with E-state index in [-0.39, 0.29) is 10.8 Å². The standard InChI is InChI=1S/C20H18ClFO/c1-2-13-3-5-14(6-4-13)15-7-9-16(10-8-15)17-11-12-18(23)19(21)20(17)22/h2,5,7-13,23H,1,3-4,6H2.